The molecule has 25 nitrogen and oxygen atoms in total. The van der Waals surface area contributed by atoms with E-state index in [1.807, 2.05) is 30.0 Å². The number of ether oxygens (including phenoxy) is 7. The lowest BCUT2D eigenvalue weighted by Gasteiger charge is -2.35. The maximum absolute atomic E-state index is 14.7. The Hall–Kier alpha value is -7.71. The number of piperazine rings is 1. The van der Waals surface area contributed by atoms with Crippen LogP contribution in [0.3, 0.4) is 0 Å². The highest BCUT2D eigenvalue weighted by atomic mass is 35.5. The van der Waals surface area contributed by atoms with Gasteiger partial charge in [0.25, 0.3) is 5.91 Å². The number of fused-ring (bicyclic) bond motifs is 1. The molecule has 0 spiro atoms. The fraction of sp³-hybridized carbons (Fsp3) is 0.475. The summed E-state index contributed by atoms with van der Waals surface area (Å²) in [5.74, 6) is -1.66. The SMILES string of the molecule is Cc1ncsc1-c1ccc(CNC(=O)[C@@H]2C[C@@H](O)CN2C(=O)[C@@H](NC(=O)C2(F)CC2)C(C)(C)C)c(OCCOCCOCCOCCOc2nc(Nc3cc(S(C)(=O)=O)ccc3N[C@@H](c3cccc4c3OC(F)(F)O4)c3ncccc3Cl)nc(N3CCNCC3)n2)c1. The molecule has 10 rings (SSSR count). The molecule has 6 N–H and O–H groups in total. The summed E-state index contributed by atoms with van der Waals surface area (Å²) < 4.78 is 109. The minimum atomic E-state index is -3.94. The molecule has 4 atom stereocenters. The number of anilines is 4. The van der Waals surface area contributed by atoms with Gasteiger partial charge in [-0.2, -0.15) is 15.0 Å². The van der Waals surface area contributed by atoms with E-state index in [2.05, 4.69) is 46.5 Å². The number of pyridine rings is 1. The Kier molecular flexibility index (Phi) is 21.2. The molecule has 2 saturated heterocycles. The van der Waals surface area contributed by atoms with Crippen molar-refractivity contribution in [3.8, 4) is 33.7 Å². The van der Waals surface area contributed by atoms with Gasteiger partial charge in [0.2, 0.25) is 23.7 Å². The number of aliphatic hydroxyl groups is 1. The minimum absolute atomic E-state index is 0.0121. The number of para-hydroxylation sites is 1. The summed E-state index contributed by atoms with van der Waals surface area (Å²) in [6, 6.07) is 14.2. The number of likely N-dealkylation sites (tertiary alicyclic amines) is 1. The van der Waals surface area contributed by atoms with Gasteiger partial charge in [-0.25, -0.2) is 17.8 Å². The van der Waals surface area contributed by atoms with E-state index in [-0.39, 0.29) is 147 Å². The van der Waals surface area contributed by atoms with Gasteiger partial charge in [-0.1, -0.05) is 56.6 Å². The van der Waals surface area contributed by atoms with Crippen molar-refractivity contribution in [3.63, 3.8) is 0 Å². The quantitative estimate of drug-likeness (QED) is 0.0271. The van der Waals surface area contributed by atoms with E-state index in [9.17, 15) is 41.1 Å². The second kappa shape index (κ2) is 29.1. The van der Waals surface area contributed by atoms with Crippen LogP contribution in [-0.2, 0) is 45.0 Å². The van der Waals surface area contributed by atoms with Gasteiger partial charge in [0, 0.05) is 69.3 Å². The third-order valence-corrected chi connectivity index (χ3v) is 17.8. The number of benzene rings is 3. The largest absolute Gasteiger partial charge is 0.586 e. The van der Waals surface area contributed by atoms with Crippen LogP contribution in [0.1, 0.15) is 68.6 Å². The monoisotopic (exact) mass is 1340 g/mol. The fourth-order valence-corrected chi connectivity index (χ4v) is 12.1. The van der Waals surface area contributed by atoms with Crippen molar-refractivity contribution in [1.82, 2.24) is 45.8 Å². The number of aliphatic hydroxyl groups excluding tert-OH is 1. The molecule has 0 bridgehead atoms. The van der Waals surface area contributed by atoms with Crippen molar-refractivity contribution in [2.45, 2.75) is 94.6 Å². The summed E-state index contributed by atoms with van der Waals surface area (Å²) in [6.07, 6.45) is -2.25. The third-order valence-electron chi connectivity index (χ3n) is 15.4. The number of hydrogen-bond donors (Lipinski definition) is 6. The average molecular weight is 1340 g/mol. The van der Waals surface area contributed by atoms with E-state index in [1.54, 1.807) is 44.5 Å². The highest BCUT2D eigenvalue weighted by Gasteiger charge is 2.53. The number of β-amino-alcohol motifs (C(OH)–C–C–N with tert-alkyl or cyclic N) is 1. The first-order chi connectivity index (χ1) is 43.9. The van der Waals surface area contributed by atoms with Crippen LogP contribution in [0.2, 0.25) is 5.02 Å². The lowest BCUT2D eigenvalue weighted by molar-refractivity contribution is -0.287. The summed E-state index contributed by atoms with van der Waals surface area (Å²) >= 11 is 8.16. The third kappa shape index (κ3) is 16.9. The molecule has 6 heterocycles. The Bertz CT molecular complexity index is 3730. The van der Waals surface area contributed by atoms with E-state index >= 15 is 0 Å². The zero-order valence-electron chi connectivity index (χ0n) is 51.1. The predicted octanol–water partition coefficient (Wildman–Crippen LogP) is 6.55. The number of alkyl halides is 3. The number of aromatic nitrogens is 5. The summed E-state index contributed by atoms with van der Waals surface area (Å²) in [5.41, 5.74) is 2.12. The van der Waals surface area contributed by atoms with Gasteiger partial charge in [0.05, 0.1) is 94.9 Å². The first kappa shape index (κ1) is 67.2. The van der Waals surface area contributed by atoms with Crippen molar-refractivity contribution in [2.75, 3.05) is 107 Å². The molecule has 6 aromatic rings. The van der Waals surface area contributed by atoms with Crippen molar-refractivity contribution in [3.05, 3.63) is 106 Å². The molecular weight excluding hydrogens is 1270 g/mol. The number of carbonyl (C=O) groups is 3. The van der Waals surface area contributed by atoms with Gasteiger partial charge in [-0.15, -0.1) is 20.1 Å². The summed E-state index contributed by atoms with van der Waals surface area (Å²) in [7, 11) is -3.77. The molecular formula is C61H72ClF3N12O13S2. The molecule has 3 aromatic heterocycles. The lowest BCUT2D eigenvalue weighted by Crippen LogP contribution is -2.59. The van der Waals surface area contributed by atoms with E-state index < -0.39 is 69.2 Å². The highest BCUT2D eigenvalue weighted by Crippen LogP contribution is 2.48. The summed E-state index contributed by atoms with van der Waals surface area (Å²) in [6.45, 7) is 10.9. The van der Waals surface area contributed by atoms with Crippen LogP contribution in [0.5, 0.6) is 23.3 Å². The van der Waals surface area contributed by atoms with Crippen LogP contribution in [0.4, 0.5) is 36.4 Å². The summed E-state index contributed by atoms with van der Waals surface area (Å²) in [4.78, 5) is 67.3. The van der Waals surface area contributed by atoms with E-state index in [1.165, 1.54) is 52.8 Å². The standard InChI is InChI=1S/C61H72ClF3N12O13S2/c1-36-51(91-35-69-36)37-11-12-38(33-68-53(79)45-31-39(78)34-77(45)54(80)52(59(2,3)4)72-55(81)60(63)15-16-60)47(30-37)87-28-26-85-24-22-84-23-25-86-27-29-88-58-74-56(73-57(75-58)76-20-18-66-19-21-76)71-44-32-40(92(5,82)83)13-14-43(44)70-48(49-42(62)9-7-17-67-49)41-8-6-10-46-50(41)90-61(64,65)89-46/h6-14,17,30,32,35,39,45,48,52,66,70,78H,15-16,18-29,31,33-34H2,1-5H3,(H,68,79)(H,72,81)(H,71,73,74,75)/t39-,45+,48+,52-/m1/s1. The number of sulfone groups is 1. The molecule has 1 saturated carbocycles. The van der Waals surface area contributed by atoms with Crippen molar-refractivity contribution < 1.29 is 74.2 Å². The number of halogens is 4. The van der Waals surface area contributed by atoms with Crippen LogP contribution in [0.25, 0.3) is 10.4 Å². The van der Waals surface area contributed by atoms with Gasteiger partial charge in [-0.05, 0) is 73.2 Å². The molecule has 31 heteroatoms. The van der Waals surface area contributed by atoms with Crippen LogP contribution < -0.4 is 50.4 Å². The van der Waals surface area contributed by atoms with Gasteiger partial charge in [0.1, 0.15) is 31.0 Å². The minimum Gasteiger partial charge on any atom is -0.491 e. The van der Waals surface area contributed by atoms with Gasteiger partial charge >= 0.3 is 12.3 Å². The molecule has 1 aliphatic carbocycles. The van der Waals surface area contributed by atoms with Crippen LogP contribution in [-0.4, -0.2) is 183 Å². The highest BCUT2D eigenvalue weighted by molar-refractivity contribution is 7.90. The zero-order chi connectivity index (χ0) is 65.4. The van der Waals surface area contributed by atoms with Crippen molar-refractivity contribution in [1.29, 1.82) is 0 Å². The number of hydrogen-bond acceptors (Lipinski definition) is 23. The van der Waals surface area contributed by atoms with Crippen molar-refractivity contribution >= 4 is 73.8 Å². The number of carbonyl (C=O) groups excluding carboxylic acids is 3. The number of aryl methyl sites for hydroxylation is 1. The van der Waals surface area contributed by atoms with E-state index in [0.717, 1.165) is 22.4 Å². The Morgan fingerprint density at radius 3 is 2.27 bits per heavy atom. The van der Waals surface area contributed by atoms with Crippen LogP contribution in [0.15, 0.2) is 83.3 Å². The Morgan fingerprint density at radius 2 is 1.60 bits per heavy atom. The molecule has 3 amide bonds. The zero-order valence-corrected chi connectivity index (χ0v) is 53.5. The first-order valence-corrected chi connectivity index (χ1v) is 32.9. The van der Waals surface area contributed by atoms with Crippen LogP contribution >= 0.6 is 22.9 Å². The molecule has 0 radical (unpaired) electrons. The molecule has 3 fully saturated rings. The maximum atomic E-state index is 14.7. The maximum Gasteiger partial charge on any atom is 0.586 e. The number of rotatable bonds is 29. The number of amides is 3. The summed E-state index contributed by atoms with van der Waals surface area (Å²) in [5, 5.41) is 26.1. The van der Waals surface area contributed by atoms with E-state index in [4.69, 9.17) is 49.7 Å². The Balaban J connectivity index is 0.708. The second-order valence-corrected chi connectivity index (χ2v) is 26.6. The smallest absolute Gasteiger partial charge is 0.491 e. The van der Waals surface area contributed by atoms with E-state index in [0.29, 0.717) is 37.5 Å². The molecule has 4 aliphatic rings. The number of nitrogens with one attached hydrogen (secondary N) is 5. The second-order valence-electron chi connectivity index (χ2n) is 23.3. The fourth-order valence-electron chi connectivity index (χ4n) is 10.4. The number of nitrogens with zero attached hydrogens (tertiary/aromatic N) is 7. The molecule has 3 aromatic carbocycles. The topological polar surface area (TPSA) is 301 Å². The van der Waals surface area contributed by atoms with Gasteiger partial charge in [0.15, 0.2) is 27.0 Å². The first-order valence-electron chi connectivity index (χ1n) is 29.8. The normalized spacial score (nSPS) is 18.0. The average Bonchev–Trinajstić information content (AvgIpc) is 1.83. The molecule has 494 valence electrons. The Morgan fingerprint density at radius 1 is 0.880 bits per heavy atom. The Labute approximate surface area is 538 Å². The van der Waals surface area contributed by atoms with Crippen LogP contribution in [0, 0.1) is 12.3 Å². The van der Waals surface area contributed by atoms with Gasteiger partial charge in [-0.3, -0.25) is 19.4 Å². The molecule has 3 aliphatic heterocycles. The number of thiazole rings is 1. The van der Waals surface area contributed by atoms with Crippen molar-refractivity contribution in [2.24, 2.45) is 5.41 Å². The van der Waals surface area contributed by atoms with Gasteiger partial charge < -0.3 is 74.6 Å². The molecule has 0 unspecified atom stereocenters. The predicted molar refractivity (Wildman–Crippen MR) is 333 cm³/mol. The molecule has 92 heavy (non-hydrogen) atoms. The lowest BCUT2D eigenvalue weighted by atomic mass is 9.85.